The van der Waals surface area contributed by atoms with Gasteiger partial charge in [-0.05, 0) is 26.2 Å². The minimum Gasteiger partial charge on any atom is -0.493 e. The molecule has 1 aromatic carbocycles. The average molecular weight is 388 g/mol. The third-order valence-electron chi connectivity index (χ3n) is 4.98. The number of nitrogens with one attached hydrogen (secondary N) is 1. The van der Waals surface area contributed by atoms with Crippen molar-refractivity contribution in [2.24, 2.45) is 11.8 Å². The van der Waals surface area contributed by atoms with E-state index in [1.165, 1.54) is 20.3 Å². The molecule has 0 saturated heterocycles. The molecule has 0 aliphatic heterocycles. The molecule has 1 N–H and O–H groups in total. The van der Waals surface area contributed by atoms with Crippen molar-refractivity contribution < 1.29 is 28.3 Å². The first-order valence-corrected chi connectivity index (χ1v) is 9.01. The van der Waals surface area contributed by atoms with Crippen molar-refractivity contribution in [3.8, 4) is 11.5 Å². The molecule has 1 amide bonds. The van der Waals surface area contributed by atoms with Gasteiger partial charge in [0.2, 0.25) is 5.91 Å². The Kier molecular flexibility index (Phi) is 5.58. The Morgan fingerprint density at radius 3 is 2.39 bits per heavy atom. The number of ether oxygens (including phenoxy) is 3. The van der Waals surface area contributed by atoms with Gasteiger partial charge in [0.15, 0.2) is 11.5 Å². The number of amides is 1. The number of methoxy groups -OCH3 is 2. The number of anilines is 1. The zero-order valence-electron chi connectivity index (χ0n) is 16.6. The normalized spacial score (nSPS) is 17.8. The van der Waals surface area contributed by atoms with Gasteiger partial charge in [-0.2, -0.15) is 0 Å². The van der Waals surface area contributed by atoms with Crippen molar-refractivity contribution in [3.63, 3.8) is 0 Å². The lowest BCUT2D eigenvalue weighted by molar-refractivity contribution is -0.117. The van der Waals surface area contributed by atoms with Crippen LogP contribution >= 0.6 is 0 Å². The molecule has 1 aromatic heterocycles. The predicted octanol–water partition coefficient (Wildman–Crippen LogP) is 3.26. The van der Waals surface area contributed by atoms with Crippen molar-refractivity contribution in [2.75, 3.05) is 19.5 Å². The van der Waals surface area contributed by atoms with Crippen LogP contribution in [0.25, 0.3) is 0 Å². The van der Waals surface area contributed by atoms with E-state index in [1.807, 2.05) is 6.92 Å². The highest BCUT2D eigenvalue weighted by molar-refractivity contribution is 6.03. The van der Waals surface area contributed by atoms with Gasteiger partial charge in [0.1, 0.15) is 12.4 Å². The van der Waals surface area contributed by atoms with Gasteiger partial charge in [-0.25, -0.2) is 4.79 Å². The molecular formula is C20H24N2O6. The van der Waals surface area contributed by atoms with Gasteiger partial charge < -0.3 is 24.1 Å². The van der Waals surface area contributed by atoms with Crippen LogP contribution in [0.5, 0.6) is 11.5 Å². The fraction of sp³-hybridized carbons (Fsp3) is 0.450. The first-order valence-electron chi connectivity index (χ1n) is 9.01. The number of benzene rings is 1. The second-order valence-electron chi connectivity index (χ2n) is 6.94. The Hall–Kier alpha value is -3.03. The van der Waals surface area contributed by atoms with Gasteiger partial charge in [0.25, 0.3) is 0 Å². The highest BCUT2D eigenvalue weighted by Crippen LogP contribution is 2.40. The van der Waals surface area contributed by atoms with Crippen LogP contribution in [0.3, 0.4) is 0 Å². The van der Waals surface area contributed by atoms with Gasteiger partial charge in [-0.1, -0.05) is 12.1 Å². The fourth-order valence-corrected chi connectivity index (χ4v) is 2.99. The van der Waals surface area contributed by atoms with E-state index in [-0.39, 0.29) is 24.0 Å². The molecule has 1 fully saturated rings. The summed E-state index contributed by atoms with van der Waals surface area (Å²) in [5, 5.41) is 6.67. The Morgan fingerprint density at radius 2 is 1.86 bits per heavy atom. The summed E-state index contributed by atoms with van der Waals surface area (Å²) in [7, 11) is 2.96. The molecule has 8 heteroatoms. The third-order valence-corrected chi connectivity index (χ3v) is 4.98. The van der Waals surface area contributed by atoms with Gasteiger partial charge in [0.05, 0.1) is 36.7 Å². The van der Waals surface area contributed by atoms with Gasteiger partial charge in [-0.3, -0.25) is 4.79 Å². The first-order chi connectivity index (χ1) is 13.3. The molecule has 28 heavy (non-hydrogen) atoms. The van der Waals surface area contributed by atoms with Crippen LogP contribution in [-0.2, 0) is 16.1 Å². The van der Waals surface area contributed by atoms with Crippen molar-refractivity contribution in [2.45, 2.75) is 33.8 Å². The van der Waals surface area contributed by atoms with Crippen LogP contribution in [0.2, 0.25) is 0 Å². The van der Waals surface area contributed by atoms with Crippen molar-refractivity contribution in [1.82, 2.24) is 5.16 Å². The summed E-state index contributed by atoms with van der Waals surface area (Å²) in [6.45, 7) is 5.56. The minimum absolute atomic E-state index is 0.0153. The maximum Gasteiger partial charge on any atom is 0.340 e. The topological polar surface area (TPSA) is 99.9 Å². The number of carbonyl (C=O) groups excluding carboxylic acids is 2. The molecule has 150 valence electrons. The molecular weight excluding hydrogens is 364 g/mol. The standard InChI is InChI=1S/C20H24N2O6/c1-10-6-13(10)19(23)21-16-8-18(26-5)17(25-4)7-14(16)20(24)27-9-15-11(2)22-28-12(15)3/h7-8,10,13H,6,9H2,1-5H3,(H,21,23)/t10-,13+/m0/s1. The lowest BCUT2D eigenvalue weighted by Crippen LogP contribution is -2.18. The summed E-state index contributed by atoms with van der Waals surface area (Å²) in [4.78, 5) is 25.2. The number of hydrogen-bond acceptors (Lipinski definition) is 7. The number of hydrogen-bond donors (Lipinski definition) is 1. The number of nitrogens with zero attached hydrogens (tertiary/aromatic N) is 1. The minimum atomic E-state index is -0.597. The van der Waals surface area contributed by atoms with E-state index in [0.29, 0.717) is 40.1 Å². The molecule has 0 spiro atoms. The summed E-state index contributed by atoms with van der Waals surface area (Å²) >= 11 is 0. The number of aryl methyl sites for hydroxylation is 2. The molecule has 2 atom stereocenters. The second kappa shape index (κ2) is 7.92. The number of aromatic nitrogens is 1. The lowest BCUT2D eigenvalue weighted by atomic mass is 10.1. The molecule has 1 saturated carbocycles. The Balaban J connectivity index is 1.86. The summed E-state index contributed by atoms with van der Waals surface area (Å²) in [6.07, 6.45) is 0.838. The SMILES string of the molecule is COc1cc(NC(=O)[C@@H]2C[C@@H]2C)c(C(=O)OCc2c(C)noc2C)cc1OC. The van der Waals surface area contributed by atoms with Crippen molar-refractivity contribution in [3.05, 3.63) is 34.7 Å². The van der Waals surface area contributed by atoms with Crippen LogP contribution < -0.4 is 14.8 Å². The zero-order chi connectivity index (χ0) is 20.4. The average Bonchev–Trinajstić information content (AvgIpc) is 3.33. The first kappa shape index (κ1) is 19.7. The predicted molar refractivity (Wildman–Crippen MR) is 101 cm³/mol. The maximum atomic E-state index is 12.8. The monoisotopic (exact) mass is 388 g/mol. The molecule has 1 heterocycles. The van der Waals surface area contributed by atoms with Crippen LogP contribution in [0, 0.1) is 25.7 Å². The van der Waals surface area contributed by atoms with Gasteiger partial charge >= 0.3 is 5.97 Å². The third kappa shape index (κ3) is 3.95. The van der Waals surface area contributed by atoms with Crippen molar-refractivity contribution >= 4 is 17.6 Å². The fourth-order valence-electron chi connectivity index (χ4n) is 2.99. The van der Waals surface area contributed by atoms with Crippen LogP contribution in [0.15, 0.2) is 16.7 Å². The molecule has 2 aromatic rings. The highest BCUT2D eigenvalue weighted by Gasteiger charge is 2.39. The highest BCUT2D eigenvalue weighted by atomic mass is 16.5. The summed E-state index contributed by atoms with van der Waals surface area (Å²) in [5.41, 5.74) is 1.89. The summed E-state index contributed by atoms with van der Waals surface area (Å²) in [6, 6.07) is 3.07. The Labute approximate surface area is 163 Å². The molecule has 3 rings (SSSR count). The van der Waals surface area contributed by atoms with E-state index in [4.69, 9.17) is 18.7 Å². The molecule has 1 aliphatic rings. The van der Waals surface area contributed by atoms with Crippen LogP contribution in [0.4, 0.5) is 5.69 Å². The smallest absolute Gasteiger partial charge is 0.340 e. The molecule has 0 unspecified atom stereocenters. The maximum absolute atomic E-state index is 12.8. The Bertz CT molecular complexity index is 885. The van der Waals surface area contributed by atoms with Gasteiger partial charge in [0, 0.05) is 18.1 Å². The molecule has 0 bridgehead atoms. The zero-order valence-corrected chi connectivity index (χ0v) is 16.6. The number of carbonyl (C=O) groups is 2. The summed E-state index contributed by atoms with van der Waals surface area (Å²) < 4.78 is 21.1. The molecule has 1 aliphatic carbocycles. The number of esters is 1. The second-order valence-corrected chi connectivity index (χ2v) is 6.94. The van der Waals surface area contributed by atoms with Crippen LogP contribution in [0.1, 0.15) is 40.7 Å². The van der Waals surface area contributed by atoms with E-state index < -0.39 is 5.97 Å². The van der Waals surface area contributed by atoms with E-state index in [9.17, 15) is 9.59 Å². The quantitative estimate of drug-likeness (QED) is 0.727. The van der Waals surface area contributed by atoms with E-state index in [1.54, 1.807) is 19.9 Å². The molecule has 0 radical (unpaired) electrons. The summed E-state index contributed by atoms with van der Waals surface area (Å²) in [5.74, 6) is 0.941. The van der Waals surface area contributed by atoms with Gasteiger partial charge in [-0.15, -0.1) is 0 Å². The van der Waals surface area contributed by atoms with E-state index >= 15 is 0 Å². The van der Waals surface area contributed by atoms with E-state index in [2.05, 4.69) is 10.5 Å². The van der Waals surface area contributed by atoms with Crippen LogP contribution in [-0.4, -0.2) is 31.3 Å². The van der Waals surface area contributed by atoms with E-state index in [0.717, 1.165) is 6.42 Å². The number of rotatable bonds is 7. The largest absolute Gasteiger partial charge is 0.493 e. The Morgan fingerprint density at radius 1 is 1.21 bits per heavy atom. The molecule has 8 nitrogen and oxygen atoms in total. The van der Waals surface area contributed by atoms with Crippen molar-refractivity contribution in [1.29, 1.82) is 0 Å². The lowest BCUT2D eigenvalue weighted by Gasteiger charge is -2.15.